The van der Waals surface area contributed by atoms with Gasteiger partial charge in [-0.3, -0.25) is 4.79 Å². The number of para-hydroxylation sites is 1. The van der Waals surface area contributed by atoms with Gasteiger partial charge < -0.3 is 19.5 Å². The van der Waals surface area contributed by atoms with Crippen molar-refractivity contribution >= 4 is 28.6 Å². The maximum atomic E-state index is 12.4. The lowest BCUT2D eigenvalue weighted by molar-refractivity contribution is -0.134. The van der Waals surface area contributed by atoms with E-state index < -0.39 is 5.97 Å². The minimum Gasteiger partial charge on any atom is -0.451 e. The van der Waals surface area contributed by atoms with Gasteiger partial charge in [0, 0.05) is 43.3 Å². The molecule has 1 aliphatic rings. The number of aromatic nitrogens is 2. The second-order valence-corrected chi connectivity index (χ2v) is 6.40. The van der Waals surface area contributed by atoms with Gasteiger partial charge in [-0.1, -0.05) is 24.3 Å². The summed E-state index contributed by atoms with van der Waals surface area (Å²) in [7, 11) is 0. The minimum atomic E-state index is -0.522. The maximum Gasteiger partial charge on any atom is 0.355 e. The van der Waals surface area contributed by atoms with Crippen molar-refractivity contribution in [2.45, 2.75) is 0 Å². The number of benzene rings is 1. The molecule has 1 amide bonds. The predicted octanol–water partition coefficient (Wildman–Crippen LogP) is 2.07. The van der Waals surface area contributed by atoms with Crippen molar-refractivity contribution in [3.8, 4) is 0 Å². The smallest absolute Gasteiger partial charge is 0.355 e. The highest BCUT2D eigenvalue weighted by Crippen LogP contribution is 2.16. The molecule has 4 rings (SSSR count). The summed E-state index contributed by atoms with van der Waals surface area (Å²) in [6, 6.07) is 15.1. The van der Waals surface area contributed by atoms with Gasteiger partial charge in [0.25, 0.3) is 5.91 Å². The number of fused-ring (bicyclic) bond motifs is 1. The van der Waals surface area contributed by atoms with Gasteiger partial charge >= 0.3 is 5.97 Å². The average molecular weight is 364 g/mol. The Morgan fingerprint density at radius 1 is 1.04 bits per heavy atom. The quantitative estimate of drug-likeness (QED) is 0.717. The summed E-state index contributed by atoms with van der Waals surface area (Å²) < 4.78 is 5.20. The van der Waals surface area contributed by atoms with Gasteiger partial charge in [0.15, 0.2) is 6.61 Å². The van der Waals surface area contributed by atoms with Crippen molar-refractivity contribution in [3.05, 3.63) is 60.4 Å². The van der Waals surface area contributed by atoms with Gasteiger partial charge in [-0.2, -0.15) is 0 Å². The fourth-order valence-corrected chi connectivity index (χ4v) is 3.21. The standard InChI is InChI=1S/C20H20N4O3/c25-19(24-11-9-23(10-12-24)18-7-3-4-8-21-18)14-27-20(26)17-13-15-5-1-2-6-16(15)22-17/h1-8,13,22H,9-12,14H2. The van der Waals surface area contributed by atoms with Crippen LogP contribution in [0.2, 0.25) is 0 Å². The Balaban J connectivity index is 1.29. The molecule has 0 radical (unpaired) electrons. The first-order valence-electron chi connectivity index (χ1n) is 8.89. The Hall–Kier alpha value is -3.35. The molecular formula is C20H20N4O3. The SMILES string of the molecule is O=C(OCC(=O)N1CCN(c2ccccn2)CC1)c1cc2ccccc2[nH]1. The van der Waals surface area contributed by atoms with Crippen LogP contribution in [0.3, 0.4) is 0 Å². The number of hydrogen-bond donors (Lipinski definition) is 1. The van der Waals surface area contributed by atoms with Crippen LogP contribution in [0.4, 0.5) is 5.82 Å². The van der Waals surface area contributed by atoms with Crippen molar-refractivity contribution < 1.29 is 14.3 Å². The van der Waals surface area contributed by atoms with Crippen LogP contribution in [0.1, 0.15) is 10.5 Å². The fourth-order valence-electron chi connectivity index (χ4n) is 3.21. The largest absolute Gasteiger partial charge is 0.451 e. The molecule has 7 nitrogen and oxygen atoms in total. The van der Waals surface area contributed by atoms with Crippen LogP contribution < -0.4 is 4.90 Å². The van der Waals surface area contributed by atoms with Gasteiger partial charge in [-0.15, -0.1) is 0 Å². The molecule has 3 heterocycles. The van der Waals surface area contributed by atoms with E-state index in [0.717, 1.165) is 16.7 Å². The third kappa shape index (κ3) is 3.76. The summed E-state index contributed by atoms with van der Waals surface area (Å²) in [5, 5.41) is 0.932. The van der Waals surface area contributed by atoms with Crippen LogP contribution in [0, 0.1) is 0 Å². The van der Waals surface area contributed by atoms with E-state index in [2.05, 4.69) is 14.9 Å². The van der Waals surface area contributed by atoms with Gasteiger partial charge in [-0.25, -0.2) is 9.78 Å². The van der Waals surface area contributed by atoms with E-state index in [0.29, 0.717) is 31.9 Å². The molecule has 1 N–H and O–H groups in total. The first-order chi connectivity index (χ1) is 13.2. The third-order valence-corrected chi connectivity index (χ3v) is 4.68. The molecule has 0 unspecified atom stereocenters. The van der Waals surface area contributed by atoms with Gasteiger partial charge in [0.1, 0.15) is 11.5 Å². The molecule has 3 aromatic rings. The number of aromatic amines is 1. The molecule has 0 atom stereocenters. The molecule has 27 heavy (non-hydrogen) atoms. The van der Waals surface area contributed by atoms with E-state index >= 15 is 0 Å². The van der Waals surface area contributed by atoms with Gasteiger partial charge in [0.2, 0.25) is 0 Å². The van der Waals surface area contributed by atoms with E-state index in [-0.39, 0.29) is 12.5 Å². The molecule has 0 saturated carbocycles. The molecular weight excluding hydrogens is 344 g/mol. The summed E-state index contributed by atoms with van der Waals surface area (Å²) in [5.41, 5.74) is 1.21. The molecule has 2 aromatic heterocycles. The zero-order valence-corrected chi connectivity index (χ0v) is 14.8. The number of H-pyrrole nitrogens is 1. The number of rotatable bonds is 4. The number of nitrogens with zero attached hydrogens (tertiary/aromatic N) is 3. The average Bonchev–Trinajstić information content (AvgIpc) is 3.17. The summed E-state index contributed by atoms with van der Waals surface area (Å²) in [5.74, 6) is 0.210. The number of anilines is 1. The zero-order chi connectivity index (χ0) is 18.6. The number of carbonyl (C=O) groups is 2. The van der Waals surface area contributed by atoms with Crippen molar-refractivity contribution in [1.82, 2.24) is 14.9 Å². The number of hydrogen-bond acceptors (Lipinski definition) is 5. The third-order valence-electron chi connectivity index (χ3n) is 4.68. The minimum absolute atomic E-state index is 0.180. The molecule has 1 aliphatic heterocycles. The molecule has 138 valence electrons. The number of piperazine rings is 1. The van der Waals surface area contributed by atoms with Crippen LogP contribution >= 0.6 is 0 Å². The fraction of sp³-hybridized carbons (Fsp3) is 0.250. The normalized spacial score (nSPS) is 14.4. The number of nitrogens with one attached hydrogen (secondary N) is 1. The van der Waals surface area contributed by atoms with Crippen LogP contribution in [0.5, 0.6) is 0 Å². The monoisotopic (exact) mass is 364 g/mol. The van der Waals surface area contributed by atoms with Crippen molar-refractivity contribution in [2.75, 3.05) is 37.7 Å². The zero-order valence-electron chi connectivity index (χ0n) is 14.8. The van der Waals surface area contributed by atoms with Gasteiger partial charge in [0.05, 0.1) is 0 Å². The summed E-state index contributed by atoms with van der Waals surface area (Å²) >= 11 is 0. The van der Waals surface area contributed by atoms with Crippen molar-refractivity contribution in [1.29, 1.82) is 0 Å². The number of ether oxygens (including phenoxy) is 1. The van der Waals surface area contributed by atoms with E-state index in [1.54, 1.807) is 17.2 Å². The summed E-state index contributed by atoms with van der Waals surface area (Å²) in [4.78, 5) is 35.8. The number of esters is 1. The molecule has 0 aliphatic carbocycles. The number of amides is 1. The van der Waals surface area contributed by atoms with Crippen LogP contribution in [0.15, 0.2) is 54.7 Å². The number of carbonyl (C=O) groups excluding carboxylic acids is 2. The van der Waals surface area contributed by atoms with Crippen LogP contribution in [-0.4, -0.2) is 59.5 Å². The molecule has 1 aromatic carbocycles. The highest BCUT2D eigenvalue weighted by Gasteiger charge is 2.23. The van der Waals surface area contributed by atoms with E-state index in [9.17, 15) is 9.59 Å². The Labute approximate surface area is 156 Å². The molecule has 1 fully saturated rings. The first kappa shape index (κ1) is 17.1. The number of pyridine rings is 1. The highest BCUT2D eigenvalue weighted by atomic mass is 16.5. The molecule has 7 heteroatoms. The first-order valence-corrected chi connectivity index (χ1v) is 8.89. The maximum absolute atomic E-state index is 12.4. The van der Waals surface area contributed by atoms with E-state index in [1.165, 1.54) is 0 Å². The lowest BCUT2D eigenvalue weighted by Crippen LogP contribution is -2.50. The molecule has 0 spiro atoms. The Morgan fingerprint density at radius 2 is 1.81 bits per heavy atom. The van der Waals surface area contributed by atoms with E-state index in [1.807, 2.05) is 42.5 Å². The Bertz CT molecular complexity index is 913. The van der Waals surface area contributed by atoms with Crippen LogP contribution in [-0.2, 0) is 9.53 Å². The summed E-state index contributed by atoms with van der Waals surface area (Å²) in [6.45, 7) is 2.33. The van der Waals surface area contributed by atoms with Gasteiger partial charge in [-0.05, 0) is 24.3 Å². The second kappa shape index (κ2) is 7.49. The topological polar surface area (TPSA) is 78.5 Å². The highest BCUT2D eigenvalue weighted by molar-refractivity contribution is 5.95. The Kier molecular flexibility index (Phi) is 4.74. The van der Waals surface area contributed by atoms with Crippen molar-refractivity contribution in [3.63, 3.8) is 0 Å². The molecule has 0 bridgehead atoms. The molecule has 1 saturated heterocycles. The lowest BCUT2D eigenvalue weighted by atomic mass is 10.2. The van der Waals surface area contributed by atoms with E-state index in [4.69, 9.17) is 4.74 Å². The van der Waals surface area contributed by atoms with Crippen molar-refractivity contribution in [2.24, 2.45) is 0 Å². The second-order valence-electron chi connectivity index (χ2n) is 6.40. The Morgan fingerprint density at radius 3 is 2.56 bits per heavy atom. The summed E-state index contributed by atoms with van der Waals surface area (Å²) in [6.07, 6.45) is 1.76. The van der Waals surface area contributed by atoms with Crippen LogP contribution in [0.25, 0.3) is 10.9 Å². The predicted molar refractivity (Wildman–Crippen MR) is 102 cm³/mol. The lowest BCUT2D eigenvalue weighted by Gasteiger charge is -2.35.